The molecule has 2 heterocycles. The van der Waals surface area contributed by atoms with Crippen molar-refractivity contribution in [2.45, 2.75) is 20.0 Å². The van der Waals surface area contributed by atoms with Crippen molar-refractivity contribution in [1.82, 2.24) is 30.0 Å². The fourth-order valence-corrected chi connectivity index (χ4v) is 2.37. The first kappa shape index (κ1) is 15.4. The van der Waals surface area contributed by atoms with Crippen molar-refractivity contribution in [2.24, 2.45) is 7.05 Å². The predicted octanol–water partition coefficient (Wildman–Crippen LogP) is 0.963. The number of aryl methyl sites for hydroxylation is 2. The topological polar surface area (TPSA) is 88.0 Å². The summed E-state index contributed by atoms with van der Waals surface area (Å²) in [6.07, 6.45) is 0. The summed E-state index contributed by atoms with van der Waals surface area (Å²) < 4.78 is 1.60. The molecule has 114 valence electrons. The Hall–Kier alpha value is -2.00. The Balaban J connectivity index is 1.82. The Bertz CT molecular complexity index is 599. The lowest BCUT2D eigenvalue weighted by Gasteiger charge is -2.05. The van der Waals surface area contributed by atoms with E-state index < -0.39 is 0 Å². The van der Waals surface area contributed by atoms with E-state index in [1.165, 1.54) is 11.3 Å². The Morgan fingerprint density at radius 2 is 2.19 bits per heavy atom. The van der Waals surface area contributed by atoms with Gasteiger partial charge >= 0.3 is 6.03 Å². The predicted molar refractivity (Wildman–Crippen MR) is 81.1 cm³/mol. The maximum absolute atomic E-state index is 11.7. The minimum atomic E-state index is -0.343. The SMILES string of the molecule is Cc1nc(NC(=O)NCc2nc(CN(C)C)cs2)nn1C. The molecule has 0 atom stereocenters. The van der Waals surface area contributed by atoms with Gasteiger partial charge in [-0.05, 0) is 21.0 Å². The smallest absolute Gasteiger partial charge is 0.322 e. The van der Waals surface area contributed by atoms with Gasteiger partial charge in [-0.2, -0.15) is 4.98 Å². The molecule has 0 aliphatic carbocycles. The molecule has 0 saturated heterocycles. The fourth-order valence-electron chi connectivity index (χ4n) is 1.64. The number of aromatic nitrogens is 4. The summed E-state index contributed by atoms with van der Waals surface area (Å²) in [5.41, 5.74) is 1.00. The number of carbonyl (C=O) groups is 1. The first-order valence-corrected chi connectivity index (χ1v) is 7.32. The molecule has 0 saturated carbocycles. The standard InChI is InChI=1S/C12H19N7OS/c1-8-14-11(17-19(8)4)16-12(20)13-5-10-15-9(7-21-10)6-18(2)3/h7H,5-6H2,1-4H3,(H2,13,16,17,20). The highest BCUT2D eigenvalue weighted by molar-refractivity contribution is 7.09. The number of carbonyl (C=O) groups excluding carboxylic acids is 1. The van der Waals surface area contributed by atoms with Crippen LogP contribution in [0.3, 0.4) is 0 Å². The highest BCUT2D eigenvalue weighted by Gasteiger charge is 2.09. The molecule has 0 unspecified atom stereocenters. The first-order chi connectivity index (χ1) is 9.94. The third kappa shape index (κ3) is 4.50. The molecule has 0 aliphatic rings. The first-order valence-electron chi connectivity index (χ1n) is 6.44. The summed E-state index contributed by atoms with van der Waals surface area (Å²) in [7, 11) is 5.76. The molecule has 2 rings (SSSR count). The molecule has 2 amide bonds. The number of nitrogens with one attached hydrogen (secondary N) is 2. The number of rotatable bonds is 5. The van der Waals surface area contributed by atoms with Gasteiger partial charge in [0.25, 0.3) is 0 Å². The molecule has 21 heavy (non-hydrogen) atoms. The van der Waals surface area contributed by atoms with Gasteiger partial charge in [-0.15, -0.1) is 16.4 Å². The van der Waals surface area contributed by atoms with E-state index in [2.05, 4.69) is 25.7 Å². The minimum Gasteiger partial charge on any atom is -0.331 e. The van der Waals surface area contributed by atoms with Crippen molar-refractivity contribution in [1.29, 1.82) is 0 Å². The molecule has 2 aromatic rings. The lowest BCUT2D eigenvalue weighted by atomic mass is 10.4. The Morgan fingerprint density at radius 1 is 1.43 bits per heavy atom. The van der Waals surface area contributed by atoms with E-state index in [0.29, 0.717) is 12.5 Å². The van der Waals surface area contributed by atoms with E-state index in [1.807, 2.05) is 31.3 Å². The van der Waals surface area contributed by atoms with E-state index in [0.717, 1.165) is 23.1 Å². The molecular weight excluding hydrogens is 290 g/mol. The van der Waals surface area contributed by atoms with E-state index in [1.54, 1.807) is 11.7 Å². The summed E-state index contributed by atoms with van der Waals surface area (Å²) >= 11 is 1.53. The average molecular weight is 309 g/mol. The lowest BCUT2D eigenvalue weighted by Crippen LogP contribution is -2.28. The van der Waals surface area contributed by atoms with Gasteiger partial charge in [-0.25, -0.2) is 9.78 Å². The number of hydrogen-bond acceptors (Lipinski definition) is 6. The van der Waals surface area contributed by atoms with Gasteiger partial charge in [0.05, 0.1) is 12.2 Å². The van der Waals surface area contributed by atoms with Crippen LogP contribution in [0.2, 0.25) is 0 Å². The zero-order valence-electron chi connectivity index (χ0n) is 12.5. The maximum atomic E-state index is 11.7. The second kappa shape index (κ2) is 6.64. The van der Waals surface area contributed by atoms with E-state index >= 15 is 0 Å². The summed E-state index contributed by atoms with van der Waals surface area (Å²) in [6.45, 7) is 2.99. The van der Waals surface area contributed by atoms with Gasteiger partial charge in [0, 0.05) is 19.0 Å². The Labute approximate surface area is 127 Å². The summed E-state index contributed by atoms with van der Waals surface area (Å²) in [5, 5.41) is 12.2. The minimum absolute atomic E-state index is 0.292. The van der Waals surface area contributed by atoms with Crippen molar-refractivity contribution in [3.63, 3.8) is 0 Å². The monoisotopic (exact) mass is 309 g/mol. The van der Waals surface area contributed by atoms with Gasteiger partial charge in [0.15, 0.2) is 0 Å². The molecule has 0 fully saturated rings. The third-order valence-electron chi connectivity index (χ3n) is 2.68. The van der Waals surface area contributed by atoms with Crippen LogP contribution in [0.15, 0.2) is 5.38 Å². The van der Waals surface area contributed by atoms with Crippen LogP contribution in [0, 0.1) is 6.92 Å². The molecule has 9 heteroatoms. The highest BCUT2D eigenvalue weighted by atomic mass is 32.1. The van der Waals surface area contributed by atoms with Crippen molar-refractivity contribution >= 4 is 23.3 Å². The van der Waals surface area contributed by atoms with Crippen LogP contribution in [-0.4, -0.2) is 44.8 Å². The number of amides is 2. The average Bonchev–Trinajstić information content (AvgIpc) is 2.94. The number of anilines is 1. The number of thiazole rings is 1. The zero-order valence-corrected chi connectivity index (χ0v) is 13.4. The van der Waals surface area contributed by atoms with Crippen LogP contribution in [0.25, 0.3) is 0 Å². The van der Waals surface area contributed by atoms with Gasteiger partial charge in [-0.1, -0.05) is 0 Å². The second-order valence-corrected chi connectivity index (χ2v) is 5.83. The fraction of sp³-hybridized carbons (Fsp3) is 0.500. The molecule has 8 nitrogen and oxygen atoms in total. The molecular formula is C12H19N7OS. The van der Waals surface area contributed by atoms with Crippen LogP contribution in [0.5, 0.6) is 0 Å². The number of hydrogen-bond donors (Lipinski definition) is 2. The van der Waals surface area contributed by atoms with Gasteiger partial charge < -0.3 is 10.2 Å². The van der Waals surface area contributed by atoms with Crippen LogP contribution in [0.4, 0.5) is 10.7 Å². The van der Waals surface area contributed by atoms with Crippen molar-refractivity contribution in [3.05, 3.63) is 21.9 Å². The quantitative estimate of drug-likeness (QED) is 0.859. The van der Waals surface area contributed by atoms with Crippen LogP contribution >= 0.6 is 11.3 Å². The second-order valence-electron chi connectivity index (χ2n) is 4.88. The van der Waals surface area contributed by atoms with Crippen molar-refractivity contribution in [3.8, 4) is 0 Å². The molecule has 0 aromatic carbocycles. The molecule has 0 bridgehead atoms. The van der Waals surface area contributed by atoms with Crippen molar-refractivity contribution in [2.75, 3.05) is 19.4 Å². The summed E-state index contributed by atoms with van der Waals surface area (Å²) in [5.74, 6) is 1.03. The molecule has 0 radical (unpaired) electrons. The van der Waals surface area contributed by atoms with Gasteiger partial charge in [0.1, 0.15) is 10.8 Å². The number of nitrogens with zero attached hydrogens (tertiary/aromatic N) is 5. The largest absolute Gasteiger partial charge is 0.331 e. The Kier molecular flexibility index (Phi) is 4.86. The molecule has 0 aliphatic heterocycles. The molecule has 2 aromatic heterocycles. The van der Waals surface area contributed by atoms with E-state index in [-0.39, 0.29) is 6.03 Å². The summed E-state index contributed by atoms with van der Waals surface area (Å²) in [6, 6.07) is -0.343. The van der Waals surface area contributed by atoms with Gasteiger partial charge in [-0.3, -0.25) is 10.00 Å². The van der Waals surface area contributed by atoms with Crippen molar-refractivity contribution < 1.29 is 4.79 Å². The zero-order chi connectivity index (χ0) is 15.4. The van der Waals surface area contributed by atoms with E-state index in [4.69, 9.17) is 0 Å². The number of urea groups is 1. The third-order valence-corrected chi connectivity index (χ3v) is 3.58. The van der Waals surface area contributed by atoms with Crippen LogP contribution < -0.4 is 10.6 Å². The normalized spacial score (nSPS) is 10.9. The molecule has 0 spiro atoms. The Morgan fingerprint density at radius 3 is 2.81 bits per heavy atom. The van der Waals surface area contributed by atoms with Crippen LogP contribution in [0.1, 0.15) is 16.5 Å². The van der Waals surface area contributed by atoms with E-state index in [9.17, 15) is 4.79 Å². The lowest BCUT2D eigenvalue weighted by molar-refractivity contribution is 0.251. The summed E-state index contributed by atoms with van der Waals surface area (Å²) in [4.78, 5) is 22.3. The van der Waals surface area contributed by atoms with Crippen LogP contribution in [-0.2, 0) is 20.1 Å². The van der Waals surface area contributed by atoms with Gasteiger partial charge in [0.2, 0.25) is 5.95 Å². The molecule has 2 N–H and O–H groups in total. The maximum Gasteiger partial charge on any atom is 0.322 e. The highest BCUT2D eigenvalue weighted by Crippen LogP contribution is 2.10.